The summed E-state index contributed by atoms with van der Waals surface area (Å²) in [6, 6.07) is 2.92. The van der Waals surface area contributed by atoms with Crippen LogP contribution in [0.4, 0.5) is 0 Å². The second-order valence-electron chi connectivity index (χ2n) is 6.59. The third-order valence-electron chi connectivity index (χ3n) is 5.01. The van der Waals surface area contributed by atoms with Crippen molar-refractivity contribution in [2.45, 2.75) is 63.1 Å². The van der Waals surface area contributed by atoms with Gasteiger partial charge in [0.25, 0.3) is 0 Å². The van der Waals surface area contributed by atoms with Crippen LogP contribution in [0.25, 0.3) is 0 Å². The van der Waals surface area contributed by atoms with Gasteiger partial charge < -0.3 is 0 Å². The number of sulfone groups is 1. The highest BCUT2D eigenvalue weighted by molar-refractivity contribution is 7.91. The van der Waals surface area contributed by atoms with Gasteiger partial charge in [-0.2, -0.15) is 5.26 Å². The second kappa shape index (κ2) is 6.64. The molecule has 0 aromatic rings. The maximum atomic E-state index is 11.7. The highest BCUT2D eigenvalue weighted by atomic mass is 32.2. The fraction of sp³-hybridized carbons (Fsp3) is 0.933. The fourth-order valence-electron chi connectivity index (χ4n) is 3.65. The van der Waals surface area contributed by atoms with Crippen molar-refractivity contribution in [2.24, 2.45) is 0 Å². The van der Waals surface area contributed by atoms with E-state index >= 15 is 0 Å². The lowest BCUT2D eigenvalue weighted by Crippen LogP contribution is -2.54. The van der Waals surface area contributed by atoms with Crippen LogP contribution in [-0.2, 0) is 9.84 Å². The van der Waals surface area contributed by atoms with Gasteiger partial charge in [-0.05, 0) is 52.1 Å². The lowest BCUT2D eigenvalue weighted by Gasteiger charge is -2.42. The summed E-state index contributed by atoms with van der Waals surface area (Å²) < 4.78 is 23.3. The Hall–Kier alpha value is -0.640. The zero-order chi connectivity index (χ0) is 15.5. The molecule has 1 saturated heterocycles. The van der Waals surface area contributed by atoms with Gasteiger partial charge in [0, 0.05) is 12.1 Å². The summed E-state index contributed by atoms with van der Waals surface area (Å²) in [6.07, 6.45) is 5.54. The van der Waals surface area contributed by atoms with E-state index in [1.165, 1.54) is 0 Å². The van der Waals surface area contributed by atoms with Crippen LogP contribution in [0, 0.1) is 11.3 Å². The molecule has 2 fully saturated rings. The second-order valence-corrected chi connectivity index (χ2v) is 8.82. The third kappa shape index (κ3) is 3.97. The molecule has 0 bridgehead atoms. The van der Waals surface area contributed by atoms with E-state index in [4.69, 9.17) is 0 Å². The minimum absolute atomic E-state index is 0.126. The molecule has 3 unspecified atom stereocenters. The van der Waals surface area contributed by atoms with Crippen molar-refractivity contribution >= 4 is 9.84 Å². The van der Waals surface area contributed by atoms with Crippen LogP contribution in [-0.4, -0.2) is 56.0 Å². The molecule has 0 aromatic heterocycles. The molecule has 1 heterocycles. The molecule has 1 N–H and O–H groups in total. The van der Waals surface area contributed by atoms with Crippen LogP contribution in [0.3, 0.4) is 0 Å². The van der Waals surface area contributed by atoms with Gasteiger partial charge in [0.15, 0.2) is 9.84 Å². The SMILES string of the molecule is CCCNC1(C#N)CCCC(N(C)C2CCS(=O)(=O)C2)C1. The Labute approximate surface area is 128 Å². The van der Waals surface area contributed by atoms with Gasteiger partial charge in [0.1, 0.15) is 5.54 Å². The zero-order valence-electron chi connectivity index (χ0n) is 13.1. The van der Waals surface area contributed by atoms with Crippen LogP contribution in [0.5, 0.6) is 0 Å². The van der Waals surface area contributed by atoms with E-state index in [-0.39, 0.29) is 11.8 Å². The van der Waals surface area contributed by atoms with Gasteiger partial charge in [0.05, 0.1) is 17.6 Å². The van der Waals surface area contributed by atoms with Gasteiger partial charge >= 0.3 is 0 Å². The fourth-order valence-corrected chi connectivity index (χ4v) is 5.44. The summed E-state index contributed by atoms with van der Waals surface area (Å²) in [5.41, 5.74) is -0.426. The first-order valence-electron chi connectivity index (χ1n) is 8.00. The Morgan fingerprint density at radius 1 is 1.38 bits per heavy atom. The lowest BCUT2D eigenvalue weighted by molar-refractivity contribution is 0.114. The number of nitrogens with zero attached hydrogens (tertiary/aromatic N) is 2. The Kier molecular flexibility index (Phi) is 5.29. The van der Waals surface area contributed by atoms with Crippen molar-refractivity contribution < 1.29 is 8.42 Å². The Morgan fingerprint density at radius 2 is 2.14 bits per heavy atom. The molecule has 2 rings (SSSR count). The van der Waals surface area contributed by atoms with Crippen LogP contribution in [0.15, 0.2) is 0 Å². The number of rotatable bonds is 5. The normalized spacial score (nSPS) is 35.7. The summed E-state index contributed by atoms with van der Waals surface area (Å²) >= 11 is 0. The maximum absolute atomic E-state index is 11.7. The molecule has 21 heavy (non-hydrogen) atoms. The quantitative estimate of drug-likeness (QED) is 0.828. The molecule has 1 saturated carbocycles. The van der Waals surface area contributed by atoms with Gasteiger partial charge in [0.2, 0.25) is 0 Å². The van der Waals surface area contributed by atoms with Crippen molar-refractivity contribution in [3.8, 4) is 6.07 Å². The molecule has 0 spiro atoms. The topological polar surface area (TPSA) is 73.2 Å². The largest absolute Gasteiger partial charge is 0.299 e. The van der Waals surface area contributed by atoms with Crippen LogP contribution in [0.1, 0.15) is 45.4 Å². The molecule has 0 amide bonds. The predicted octanol–water partition coefficient (Wildman–Crippen LogP) is 1.31. The van der Waals surface area contributed by atoms with E-state index in [1.807, 2.05) is 7.05 Å². The molecular weight excluding hydrogens is 286 g/mol. The monoisotopic (exact) mass is 313 g/mol. The van der Waals surface area contributed by atoms with Crippen molar-refractivity contribution in [2.75, 3.05) is 25.1 Å². The maximum Gasteiger partial charge on any atom is 0.151 e. The summed E-state index contributed by atoms with van der Waals surface area (Å²) in [4.78, 5) is 2.23. The highest BCUT2D eigenvalue weighted by Gasteiger charge is 2.40. The van der Waals surface area contributed by atoms with Crippen LogP contribution in [0.2, 0.25) is 0 Å². The first kappa shape index (κ1) is 16.7. The lowest BCUT2D eigenvalue weighted by atomic mass is 9.79. The predicted molar refractivity (Wildman–Crippen MR) is 83.7 cm³/mol. The van der Waals surface area contributed by atoms with Gasteiger partial charge in [-0.15, -0.1) is 0 Å². The summed E-state index contributed by atoms with van der Waals surface area (Å²) in [5.74, 6) is 0.591. The average Bonchev–Trinajstić information content (AvgIpc) is 2.85. The van der Waals surface area contributed by atoms with Gasteiger partial charge in [-0.3, -0.25) is 10.2 Å². The smallest absolute Gasteiger partial charge is 0.151 e. The molecule has 1 aliphatic heterocycles. The Morgan fingerprint density at radius 3 is 2.71 bits per heavy atom. The van der Waals surface area contributed by atoms with E-state index in [0.29, 0.717) is 11.8 Å². The van der Waals surface area contributed by atoms with Crippen molar-refractivity contribution in [1.29, 1.82) is 5.26 Å². The van der Waals surface area contributed by atoms with Crippen molar-refractivity contribution in [1.82, 2.24) is 10.2 Å². The number of nitrogens with one attached hydrogen (secondary N) is 1. The van der Waals surface area contributed by atoms with Crippen LogP contribution < -0.4 is 5.32 Å². The van der Waals surface area contributed by atoms with Crippen molar-refractivity contribution in [3.63, 3.8) is 0 Å². The van der Waals surface area contributed by atoms with Gasteiger partial charge in [-0.1, -0.05) is 6.92 Å². The molecule has 6 heteroatoms. The first-order valence-corrected chi connectivity index (χ1v) is 9.82. The Bertz CT molecular complexity index is 500. The van der Waals surface area contributed by atoms with E-state index in [0.717, 1.165) is 45.1 Å². The molecule has 120 valence electrons. The number of nitriles is 1. The van der Waals surface area contributed by atoms with Crippen LogP contribution >= 0.6 is 0 Å². The summed E-state index contributed by atoms with van der Waals surface area (Å²) in [5, 5.41) is 13.0. The van der Waals surface area contributed by atoms with E-state index in [2.05, 4.69) is 23.2 Å². The number of hydrogen-bond donors (Lipinski definition) is 1. The summed E-state index contributed by atoms with van der Waals surface area (Å²) in [7, 11) is -0.819. The standard InChI is InChI=1S/C15H27N3O2S/c1-3-8-17-15(12-16)7-4-5-13(10-15)18(2)14-6-9-21(19,20)11-14/h13-14,17H,3-11H2,1-2H3. The molecule has 2 aliphatic rings. The minimum Gasteiger partial charge on any atom is -0.299 e. The minimum atomic E-state index is -2.85. The highest BCUT2D eigenvalue weighted by Crippen LogP contribution is 2.32. The summed E-state index contributed by atoms with van der Waals surface area (Å²) in [6.45, 7) is 2.97. The van der Waals surface area contributed by atoms with Crippen molar-refractivity contribution in [3.05, 3.63) is 0 Å². The average molecular weight is 313 g/mol. The molecule has 5 nitrogen and oxygen atoms in total. The molecule has 0 radical (unpaired) electrons. The Balaban J connectivity index is 2.01. The molecular formula is C15H27N3O2S. The van der Waals surface area contributed by atoms with E-state index in [1.54, 1.807) is 0 Å². The van der Waals surface area contributed by atoms with E-state index in [9.17, 15) is 13.7 Å². The van der Waals surface area contributed by atoms with Gasteiger partial charge in [-0.25, -0.2) is 8.42 Å². The molecule has 0 aromatic carbocycles. The third-order valence-corrected chi connectivity index (χ3v) is 6.76. The number of hydrogen-bond acceptors (Lipinski definition) is 5. The first-order chi connectivity index (χ1) is 9.91. The zero-order valence-corrected chi connectivity index (χ0v) is 14.0. The molecule has 1 aliphatic carbocycles. The van der Waals surface area contributed by atoms with E-state index < -0.39 is 15.4 Å². The molecule has 3 atom stereocenters.